The summed E-state index contributed by atoms with van der Waals surface area (Å²) in [6.45, 7) is 0. The molecule has 0 aliphatic carbocycles. The Morgan fingerprint density at radius 2 is 2.27 bits per heavy atom. The summed E-state index contributed by atoms with van der Waals surface area (Å²) in [5.74, 6) is 0. The third-order valence-corrected chi connectivity index (χ3v) is 2.43. The Labute approximate surface area is 82.4 Å². The van der Waals surface area contributed by atoms with Crippen molar-refractivity contribution in [3.05, 3.63) is 28.0 Å². The second-order valence-corrected chi connectivity index (χ2v) is 3.77. The van der Waals surface area contributed by atoms with Crippen LogP contribution in [-0.4, -0.2) is 9.30 Å². The average molecular weight is 278 g/mol. The molecule has 1 heterocycles. The number of halogens is 2. The molecule has 0 radical (unpaired) electrons. The van der Waals surface area contributed by atoms with E-state index in [1.807, 2.05) is 18.2 Å². The first-order chi connectivity index (χ1) is 5.27. The molecule has 0 atom stereocenters. The van der Waals surface area contributed by atoms with Gasteiger partial charge in [-0.25, -0.2) is 0 Å². The van der Waals surface area contributed by atoms with Crippen LogP contribution in [0.1, 0.15) is 0 Å². The number of hydrogen-bond donors (Lipinski definition) is 0. The fourth-order valence-corrected chi connectivity index (χ4v) is 1.63. The van der Waals surface area contributed by atoms with Crippen LogP contribution in [0.15, 0.2) is 24.4 Å². The van der Waals surface area contributed by atoms with Gasteiger partial charge in [0.25, 0.3) is 0 Å². The van der Waals surface area contributed by atoms with Crippen LogP contribution in [0.4, 0.5) is 0 Å². The van der Waals surface area contributed by atoms with Crippen molar-refractivity contribution in [2.24, 2.45) is 0 Å². The smallest absolute Gasteiger partial charge is 0.0882 e. The van der Waals surface area contributed by atoms with E-state index in [9.17, 15) is 0 Å². The molecule has 1 aromatic carbocycles. The molecule has 0 aliphatic rings. The van der Waals surface area contributed by atoms with Gasteiger partial charge >= 0.3 is 0 Å². The minimum absolute atomic E-state index is 0.957. The van der Waals surface area contributed by atoms with Gasteiger partial charge in [0.15, 0.2) is 0 Å². The zero-order chi connectivity index (χ0) is 7.84. The fraction of sp³-hybridized carbons (Fsp3) is 0. The number of nitrogens with zero attached hydrogens (tertiary/aromatic N) is 2. The van der Waals surface area contributed by atoms with Gasteiger partial charge in [0, 0.05) is 20.7 Å². The molecule has 2 aromatic rings. The van der Waals surface area contributed by atoms with Gasteiger partial charge < -0.3 is 0 Å². The molecule has 2 rings (SSSR count). The van der Waals surface area contributed by atoms with Crippen LogP contribution in [0.5, 0.6) is 0 Å². The highest BCUT2D eigenvalue weighted by molar-refractivity contribution is 14.1. The highest BCUT2D eigenvalue weighted by atomic mass is 127. The number of rotatable bonds is 0. The van der Waals surface area contributed by atoms with Gasteiger partial charge in [0.05, 0.1) is 11.7 Å². The van der Waals surface area contributed by atoms with Crippen LogP contribution in [0, 0.1) is 3.57 Å². The SMILES string of the molecule is Cln1ncc2ccc(I)cc21. The van der Waals surface area contributed by atoms with Crippen LogP contribution in [0.3, 0.4) is 0 Å². The molecule has 0 unspecified atom stereocenters. The summed E-state index contributed by atoms with van der Waals surface area (Å²) in [7, 11) is 0. The Morgan fingerprint density at radius 1 is 1.45 bits per heavy atom. The molecule has 0 fully saturated rings. The maximum atomic E-state index is 5.75. The van der Waals surface area contributed by atoms with E-state index >= 15 is 0 Å². The van der Waals surface area contributed by atoms with E-state index < -0.39 is 0 Å². The maximum Gasteiger partial charge on any atom is 0.0882 e. The predicted molar refractivity (Wildman–Crippen MR) is 53.7 cm³/mol. The molecule has 0 saturated carbocycles. The lowest BCUT2D eigenvalue weighted by atomic mass is 10.3. The van der Waals surface area contributed by atoms with Crippen LogP contribution in [0.2, 0.25) is 0 Å². The standard InChI is InChI=1S/C7H4ClIN2/c8-11-7-3-6(9)2-1-5(7)4-10-11/h1-4H. The first kappa shape index (κ1) is 7.36. The number of hydrogen-bond acceptors (Lipinski definition) is 1. The molecule has 2 nitrogen and oxygen atoms in total. The molecular formula is C7H4ClIN2. The second-order valence-electron chi connectivity index (χ2n) is 2.21. The Kier molecular flexibility index (Phi) is 1.77. The monoisotopic (exact) mass is 278 g/mol. The molecule has 0 N–H and O–H groups in total. The van der Waals surface area contributed by atoms with E-state index in [-0.39, 0.29) is 0 Å². The average Bonchev–Trinajstić information content (AvgIpc) is 2.33. The predicted octanol–water partition coefficient (Wildman–Crippen LogP) is 2.64. The third kappa shape index (κ3) is 1.22. The number of aromatic nitrogens is 2. The molecule has 0 bridgehead atoms. The summed E-state index contributed by atoms with van der Waals surface area (Å²) >= 11 is 7.99. The van der Waals surface area contributed by atoms with Gasteiger partial charge in [0.2, 0.25) is 0 Å². The minimum Gasteiger partial charge on any atom is -0.172 e. The summed E-state index contributed by atoms with van der Waals surface area (Å²) in [6, 6.07) is 6.03. The lowest BCUT2D eigenvalue weighted by molar-refractivity contribution is 1.02. The van der Waals surface area contributed by atoms with E-state index in [4.69, 9.17) is 11.8 Å². The van der Waals surface area contributed by atoms with Gasteiger partial charge in [0.1, 0.15) is 0 Å². The number of fused-ring (bicyclic) bond motifs is 1. The zero-order valence-corrected chi connectivity index (χ0v) is 8.37. The first-order valence-electron chi connectivity index (χ1n) is 3.07. The van der Waals surface area contributed by atoms with Gasteiger partial charge in [-0.05, 0) is 34.7 Å². The van der Waals surface area contributed by atoms with Crippen LogP contribution in [-0.2, 0) is 0 Å². The quantitative estimate of drug-likeness (QED) is 0.678. The molecule has 0 aliphatic heterocycles. The van der Waals surface area contributed by atoms with Gasteiger partial charge in [-0.1, -0.05) is 6.07 Å². The van der Waals surface area contributed by atoms with Crippen molar-refractivity contribution in [3.63, 3.8) is 0 Å². The van der Waals surface area contributed by atoms with E-state index in [0.29, 0.717) is 0 Å². The van der Waals surface area contributed by atoms with Crippen molar-refractivity contribution >= 4 is 45.3 Å². The number of benzene rings is 1. The second kappa shape index (κ2) is 2.64. The lowest BCUT2D eigenvalue weighted by Gasteiger charge is -1.91. The van der Waals surface area contributed by atoms with Crippen molar-refractivity contribution in [3.8, 4) is 0 Å². The fourth-order valence-electron chi connectivity index (χ4n) is 0.961. The summed E-state index contributed by atoms with van der Waals surface area (Å²) in [6.07, 6.45) is 1.75. The van der Waals surface area contributed by atoms with E-state index in [1.54, 1.807) is 6.20 Å². The minimum atomic E-state index is 0.957. The van der Waals surface area contributed by atoms with Gasteiger partial charge in [-0.2, -0.15) is 9.30 Å². The van der Waals surface area contributed by atoms with Crippen LogP contribution >= 0.6 is 34.4 Å². The van der Waals surface area contributed by atoms with E-state index in [0.717, 1.165) is 14.5 Å². The molecule has 0 saturated heterocycles. The van der Waals surface area contributed by atoms with E-state index in [2.05, 4.69) is 27.7 Å². The van der Waals surface area contributed by atoms with Gasteiger partial charge in [-0.3, -0.25) is 0 Å². The molecule has 11 heavy (non-hydrogen) atoms. The van der Waals surface area contributed by atoms with E-state index in [1.165, 1.54) is 4.20 Å². The topological polar surface area (TPSA) is 17.8 Å². The van der Waals surface area contributed by atoms with Crippen molar-refractivity contribution < 1.29 is 0 Å². The summed E-state index contributed by atoms with van der Waals surface area (Å²) in [4.78, 5) is 0. The normalized spacial score (nSPS) is 10.7. The van der Waals surface area contributed by atoms with Gasteiger partial charge in [-0.15, -0.1) is 0 Å². The largest absolute Gasteiger partial charge is 0.172 e. The zero-order valence-electron chi connectivity index (χ0n) is 5.46. The third-order valence-electron chi connectivity index (χ3n) is 1.49. The van der Waals surface area contributed by atoms with Crippen molar-refractivity contribution in [2.75, 3.05) is 0 Å². The summed E-state index contributed by atoms with van der Waals surface area (Å²) in [5, 5.41) is 4.99. The maximum absolute atomic E-state index is 5.75. The van der Waals surface area contributed by atoms with Crippen molar-refractivity contribution in [1.29, 1.82) is 0 Å². The molecule has 0 amide bonds. The molecule has 56 valence electrons. The summed E-state index contributed by atoms with van der Waals surface area (Å²) in [5.41, 5.74) is 0.957. The highest BCUT2D eigenvalue weighted by Crippen LogP contribution is 2.17. The Balaban J connectivity index is 2.87. The lowest BCUT2D eigenvalue weighted by Crippen LogP contribution is -1.80. The van der Waals surface area contributed by atoms with Crippen molar-refractivity contribution in [1.82, 2.24) is 9.30 Å². The molecule has 0 spiro atoms. The highest BCUT2D eigenvalue weighted by Gasteiger charge is 1.99. The molecule has 1 aromatic heterocycles. The summed E-state index contributed by atoms with van der Waals surface area (Å²) < 4.78 is 2.52. The Morgan fingerprint density at radius 3 is 3.09 bits per heavy atom. The van der Waals surface area contributed by atoms with Crippen LogP contribution < -0.4 is 0 Å². The molecular weight excluding hydrogens is 274 g/mol. The Bertz CT molecular complexity index is 396. The molecule has 4 heteroatoms. The van der Waals surface area contributed by atoms with Crippen molar-refractivity contribution in [2.45, 2.75) is 0 Å². The first-order valence-corrected chi connectivity index (χ1v) is 4.48. The van der Waals surface area contributed by atoms with Crippen LogP contribution in [0.25, 0.3) is 10.9 Å². The Hall–Kier alpha value is -0.290.